The largest absolute Gasteiger partial charge is 0.314 e. The van der Waals surface area contributed by atoms with Crippen LogP contribution in [0, 0.1) is 17.6 Å². The summed E-state index contributed by atoms with van der Waals surface area (Å²) in [5.74, 6) is -1.11. The molecule has 1 saturated carbocycles. The van der Waals surface area contributed by atoms with Crippen LogP contribution >= 0.6 is 0 Å². The molecule has 2 nitrogen and oxygen atoms in total. The molecule has 1 aliphatic rings. The van der Waals surface area contributed by atoms with Crippen LogP contribution in [0.2, 0.25) is 0 Å². The maximum absolute atomic E-state index is 13.7. The molecule has 2 rings (SSSR count). The van der Waals surface area contributed by atoms with E-state index in [-0.39, 0.29) is 16.1 Å². The fraction of sp³-hybridized carbons (Fsp3) is 0.600. The molecule has 112 valence electrons. The van der Waals surface area contributed by atoms with Gasteiger partial charge in [0.15, 0.2) is 0 Å². The van der Waals surface area contributed by atoms with Crippen molar-refractivity contribution < 1.29 is 13.0 Å². The van der Waals surface area contributed by atoms with Crippen LogP contribution in [-0.4, -0.2) is 22.0 Å². The van der Waals surface area contributed by atoms with Crippen molar-refractivity contribution in [3.05, 3.63) is 29.8 Å². The van der Waals surface area contributed by atoms with Gasteiger partial charge in [-0.1, -0.05) is 13.8 Å². The van der Waals surface area contributed by atoms with Crippen molar-refractivity contribution >= 4 is 10.8 Å². The van der Waals surface area contributed by atoms with Crippen LogP contribution < -0.4 is 5.32 Å². The third kappa shape index (κ3) is 3.26. The maximum atomic E-state index is 13.7. The second kappa shape index (κ2) is 6.76. The number of halogens is 2. The Kier molecular flexibility index (Phi) is 5.27. The summed E-state index contributed by atoms with van der Waals surface area (Å²) in [5.41, 5.74) is 0. The van der Waals surface area contributed by atoms with E-state index in [1.165, 1.54) is 12.1 Å². The van der Waals surface area contributed by atoms with Crippen molar-refractivity contribution in [2.24, 2.45) is 5.92 Å². The molecule has 0 bridgehead atoms. The lowest BCUT2D eigenvalue weighted by Crippen LogP contribution is -2.35. The third-order valence-electron chi connectivity index (χ3n) is 4.03. The lowest BCUT2D eigenvalue weighted by molar-refractivity contribution is 0.429. The molecule has 0 spiro atoms. The van der Waals surface area contributed by atoms with Crippen LogP contribution in [0.15, 0.2) is 23.1 Å². The zero-order valence-electron chi connectivity index (χ0n) is 11.9. The highest BCUT2D eigenvalue weighted by molar-refractivity contribution is 7.85. The van der Waals surface area contributed by atoms with Gasteiger partial charge in [-0.15, -0.1) is 0 Å². The summed E-state index contributed by atoms with van der Waals surface area (Å²) < 4.78 is 39.2. The molecule has 1 aliphatic carbocycles. The Hall–Kier alpha value is -0.810. The van der Waals surface area contributed by atoms with Crippen molar-refractivity contribution in [2.75, 3.05) is 6.54 Å². The minimum absolute atomic E-state index is 0.0654. The van der Waals surface area contributed by atoms with Gasteiger partial charge in [-0.2, -0.15) is 0 Å². The molecule has 0 saturated heterocycles. The van der Waals surface area contributed by atoms with E-state index >= 15 is 0 Å². The first kappa shape index (κ1) is 15.6. The molecule has 5 heteroatoms. The van der Waals surface area contributed by atoms with Crippen LogP contribution in [0.25, 0.3) is 0 Å². The van der Waals surface area contributed by atoms with Gasteiger partial charge in [0.2, 0.25) is 0 Å². The first-order chi connectivity index (χ1) is 9.54. The van der Waals surface area contributed by atoms with Crippen LogP contribution in [0.1, 0.15) is 33.1 Å². The summed E-state index contributed by atoms with van der Waals surface area (Å²) in [6.07, 6.45) is 2.83. The summed E-state index contributed by atoms with van der Waals surface area (Å²) in [6.45, 7) is 5.11. The molecule has 4 atom stereocenters. The number of benzene rings is 1. The molecule has 0 radical (unpaired) electrons. The average molecular weight is 301 g/mol. The first-order valence-electron chi connectivity index (χ1n) is 7.13. The van der Waals surface area contributed by atoms with Crippen molar-refractivity contribution in [1.29, 1.82) is 0 Å². The summed E-state index contributed by atoms with van der Waals surface area (Å²) >= 11 is 0. The van der Waals surface area contributed by atoms with Gasteiger partial charge in [0.25, 0.3) is 0 Å². The highest BCUT2D eigenvalue weighted by atomic mass is 32.2. The fourth-order valence-electron chi connectivity index (χ4n) is 2.85. The molecular formula is C15H21F2NOS. The molecule has 1 N–H and O–H groups in total. The van der Waals surface area contributed by atoms with E-state index < -0.39 is 22.4 Å². The monoisotopic (exact) mass is 301 g/mol. The molecule has 20 heavy (non-hydrogen) atoms. The summed E-state index contributed by atoms with van der Waals surface area (Å²) in [6, 6.07) is 3.62. The Morgan fingerprint density at radius 3 is 2.75 bits per heavy atom. The van der Waals surface area contributed by atoms with Crippen LogP contribution in [0.3, 0.4) is 0 Å². The number of hydrogen-bond donors (Lipinski definition) is 1. The van der Waals surface area contributed by atoms with Crippen LogP contribution in [0.5, 0.6) is 0 Å². The zero-order chi connectivity index (χ0) is 14.7. The summed E-state index contributed by atoms with van der Waals surface area (Å²) in [7, 11) is -1.42. The van der Waals surface area contributed by atoms with Crippen molar-refractivity contribution in [2.45, 2.75) is 49.3 Å². The SMILES string of the molecule is CCCNC1CCC(S(=O)c2ccc(F)cc2F)C1C. The van der Waals surface area contributed by atoms with Gasteiger partial charge < -0.3 is 5.32 Å². The second-order valence-corrected chi connectivity index (χ2v) is 7.05. The third-order valence-corrected chi connectivity index (χ3v) is 6.00. The highest BCUT2D eigenvalue weighted by Gasteiger charge is 2.37. The molecule has 0 heterocycles. The molecule has 0 amide bonds. The predicted octanol–water partition coefficient (Wildman–Crippen LogP) is 3.24. The predicted molar refractivity (Wildman–Crippen MR) is 77.0 cm³/mol. The average Bonchev–Trinajstić information content (AvgIpc) is 2.77. The highest BCUT2D eigenvalue weighted by Crippen LogP contribution is 2.33. The van der Waals surface area contributed by atoms with Gasteiger partial charge in [-0.25, -0.2) is 8.78 Å². The van der Waals surface area contributed by atoms with Crippen molar-refractivity contribution in [1.82, 2.24) is 5.32 Å². The standard InChI is InChI=1S/C15H21F2NOS/c1-3-8-18-13-5-7-14(10(13)2)20(19)15-6-4-11(16)9-12(15)17/h4,6,9-10,13-14,18H,3,5,7-8H2,1-2H3. The normalized spacial score (nSPS) is 27.7. The minimum Gasteiger partial charge on any atom is -0.314 e. The minimum atomic E-state index is -1.42. The van der Waals surface area contributed by atoms with Gasteiger partial charge >= 0.3 is 0 Å². The van der Waals surface area contributed by atoms with Gasteiger partial charge in [0.1, 0.15) is 11.6 Å². The molecule has 1 aromatic rings. The van der Waals surface area contributed by atoms with E-state index in [0.29, 0.717) is 6.04 Å². The number of hydrogen-bond acceptors (Lipinski definition) is 2. The van der Waals surface area contributed by atoms with Crippen molar-refractivity contribution in [3.63, 3.8) is 0 Å². The second-order valence-electron chi connectivity index (χ2n) is 5.41. The number of rotatable bonds is 5. The smallest absolute Gasteiger partial charge is 0.142 e. The van der Waals surface area contributed by atoms with Gasteiger partial charge in [0, 0.05) is 17.4 Å². The molecule has 4 unspecified atom stereocenters. The van der Waals surface area contributed by atoms with Gasteiger partial charge in [0.05, 0.1) is 15.7 Å². The van der Waals surface area contributed by atoms with E-state index in [0.717, 1.165) is 31.9 Å². The molecule has 0 aromatic heterocycles. The topological polar surface area (TPSA) is 29.1 Å². The van der Waals surface area contributed by atoms with E-state index in [4.69, 9.17) is 0 Å². The maximum Gasteiger partial charge on any atom is 0.142 e. The lowest BCUT2D eigenvalue weighted by atomic mass is 10.1. The Bertz CT molecular complexity index is 495. The lowest BCUT2D eigenvalue weighted by Gasteiger charge is -2.21. The molecular weight excluding hydrogens is 280 g/mol. The molecule has 1 aromatic carbocycles. The van der Waals surface area contributed by atoms with Crippen LogP contribution in [0.4, 0.5) is 8.78 Å². The Morgan fingerprint density at radius 1 is 1.35 bits per heavy atom. The van der Waals surface area contributed by atoms with E-state index in [1.54, 1.807) is 0 Å². The van der Waals surface area contributed by atoms with Gasteiger partial charge in [-0.05, 0) is 43.9 Å². The quantitative estimate of drug-likeness (QED) is 0.904. The van der Waals surface area contributed by atoms with Gasteiger partial charge in [-0.3, -0.25) is 4.21 Å². The van der Waals surface area contributed by atoms with Crippen molar-refractivity contribution in [3.8, 4) is 0 Å². The van der Waals surface area contributed by atoms with E-state index in [9.17, 15) is 13.0 Å². The summed E-state index contributed by atoms with van der Waals surface area (Å²) in [4.78, 5) is 0.124. The molecule has 1 fully saturated rings. The Balaban J connectivity index is 2.10. The number of nitrogens with one attached hydrogen (secondary N) is 1. The Labute approximate surface area is 121 Å². The Morgan fingerprint density at radius 2 is 2.10 bits per heavy atom. The molecule has 0 aliphatic heterocycles. The first-order valence-corrected chi connectivity index (χ1v) is 8.35. The van der Waals surface area contributed by atoms with E-state index in [1.807, 2.05) is 0 Å². The zero-order valence-corrected chi connectivity index (χ0v) is 12.7. The summed E-state index contributed by atoms with van der Waals surface area (Å²) in [5, 5.41) is 3.39. The fourth-order valence-corrected chi connectivity index (χ4v) is 4.56. The van der Waals surface area contributed by atoms with E-state index in [2.05, 4.69) is 19.2 Å². The van der Waals surface area contributed by atoms with Crippen LogP contribution in [-0.2, 0) is 10.8 Å².